The van der Waals surface area contributed by atoms with Gasteiger partial charge in [0.05, 0.1) is 18.0 Å². The Morgan fingerprint density at radius 3 is 2.84 bits per heavy atom. The van der Waals surface area contributed by atoms with Crippen LogP contribution in [0.2, 0.25) is 0 Å². The van der Waals surface area contributed by atoms with Gasteiger partial charge in [0, 0.05) is 22.5 Å². The Morgan fingerprint density at radius 2 is 2.06 bits per heavy atom. The molecule has 1 N–H and O–H groups in total. The van der Waals surface area contributed by atoms with Crippen molar-refractivity contribution in [2.45, 2.75) is 31.8 Å². The van der Waals surface area contributed by atoms with Crippen LogP contribution in [0.25, 0.3) is 5.69 Å². The predicted octanol–water partition coefficient (Wildman–Crippen LogP) is 3.89. The highest BCUT2D eigenvalue weighted by atomic mass is 79.9. The zero-order valence-corrected chi connectivity index (χ0v) is 18.2. The van der Waals surface area contributed by atoms with Crippen molar-refractivity contribution in [1.82, 2.24) is 20.3 Å². The van der Waals surface area contributed by atoms with Crippen LogP contribution in [-0.4, -0.2) is 34.2 Å². The van der Waals surface area contributed by atoms with Crippen LogP contribution in [0.5, 0.6) is 5.75 Å². The Morgan fingerprint density at radius 1 is 1.26 bits per heavy atom. The summed E-state index contributed by atoms with van der Waals surface area (Å²) in [5.74, 6) is 0.298. The van der Waals surface area contributed by atoms with Crippen LogP contribution >= 0.6 is 15.9 Å². The number of benzene rings is 2. The number of hydrogen-bond acceptors (Lipinski definition) is 5. The number of aromatic nitrogens is 3. The summed E-state index contributed by atoms with van der Waals surface area (Å²) in [6, 6.07) is 10.6. The summed E-state index contributed by atoms with van der Waals surface area (Å²) in [4.78, 5) is 12.9. The summed E-state index contributed by atoms with van der Waals surface area (Å²) >= 11 is 3.43. The zero-order chi connectivity index (χ0) is 21.4. The lowest BCUT2D eigenvalue weighted by Gasteiger charge is -2.20. The summed E-state index contributed by atoms with van der Waals surface area (Å²) in [6.45, 7) is 0.784. The Labute approximate surface area is 186 Å². The molecule has 3 aromatic rings. The monoisotopic (exact) mass is 486 g/mol. The van der Waals surface area contributed by atoms with Crippen LogP contribution in [0.4, 0.5) is 4.39 Å². The van der Waals surface area contributed by atoms with E-state index in [1.807, 2.05) is 24.3 Å². The summed E-state index contributed by atoms with van der Waals surface area (Å²) in [6.07, 6.45) is 2.46. The van der Waals surface area contributed by atoms with E-state index in [0.717, 1.165) is 28.7 Å². The lowest BCUT2D eigenvalue weighted by Crippen LogP contribution is -2.27. The number of carbonyl (C=O) groups excluding carboxylic acids is 1. The van der Waals surface area contributed by atoms with Crippen LogP contribution in [0, 0.1) is 5.82 Å². The Kier molecular flexibility index (Phi) is 5.45. The first-order valence-electron chi connectivity index (χ1n) is 10.1. The second kappa shape index (κ2) is 8.39. The van der Waals surface area contributed by atoms with Crippen molar-refractivity contribution in [2.24, 2.45) is 0 Å². The quantitative estimate of drug-likeness (QED) is 0.571. The van der Waals surface area contributed by atoms with Crippen LogP contribution < -0.4 is 10.1 Å². The Balaban J connectivity index is 1.32. The third-order valence-electron chi connectivity index (χ3n) is 5.39. The third-order valence-corrected chi connectivity index (χ3v) is 5.92. The van der Waals surface area contributed by atoms with Gasteiger partial charge in [-0.1, -0.05) is 21.1 Å². The van der Waals surface area contributed by atoms with Crippen LogP contribution in [0.15, 0.2) is 40.9 Å². The normalized spacial score (nSPS) is 15.3. The fourth-order valence-electron chi connectivity index (χ4n) is 3.78. The van der Waals surface area contributed by atoms with E-state index in [-0.39, 0.29) is 24.4 Å². The van der Waals surface area contributed by atoms with Gasteiger partial charge in [-0.2, -0.15) is 0 Å². The largest absolute Gasteiger partial charge is 0.467 e. The molecule has 31 heavy (non-hydrogen) atoms. The molecule has 1 fully saturated rings. The van der Waals surface area contributed by atoms with Gasteiger partial charge < -0.3 is 14.8 Å². The fourth-order valence-corrected chi connectivity index (χ4v) is 4.05. The zero-order valence-electron chi connectivity index (χ0n) is 16.6. The molecule has 0 radical (unpaired) electrons. The SMILES string of the molecule is O=C(NCCc1cc(F)cc2c1OCOC2)c1nnn(-c2ccc(Br)cc2)c1C1CC1. The number of nitrogens with zero attached hydrogens (tertiary/aromatic N) is 3. The summed E-state index contributed by atoms with van der Waals surface area (Å²) < 4.78 is 27.4. The van der Waals surface area contributed by atoms with E-state index in [1.54, 1.807) is 4.68 Å². The van der Waals surface area contributed by atoms with Gasteiger partial charge in [0.15, 0.2) is 12.5 Å². The number of rotatable bonds is 6. The summed E-state index contributed by atoms with van der Waals surface area (Å²) in [5.41, 5.74) is 3.43. The highest BCUT2D eigenvalue weighted by Gasteiger charge is 2.34. The van der Waals surface area contributed by atoms with Gasteiger partial charge in [-0.05, 0) is 61.2 Å². The highest BCUT2D eigenvalue weighted by molar-refractivity contribution is 9.10. The van der Waals surface area contributed by atoms with Gasteiger partial charge in [0.25, 0.3) is 5.91 Å². The van der Waals surface area contributed by atoms with Gasteiger partial charge >= 0.3 is 0 Å². The Bertz CT molecular complexity index is 1130. The first kappa shape index (κ1) is 20.1. The van der Waals surface area contributed by atoms with E-state index < -0.39 is 0 Å². The van der Waals surface area contributed by atoms with Gasteiger partial charge in [0.2, 0.25) is 0 Å². The molecule has 0 spiro atoms. The molecule has 7 nitrogen and oxygen atoms in total. The second-order valence-electron chi connectivity index (χ2n) is 7.66. The second-order valence-corrected chi connectivity index (χ2v) is 8.57. The molecule has 9 heteroatoms. The van der Waals surface area contributed by atoms with E-state index in [0.29, 0.717) is 42.1 Å². The molecule has 160 valence electrons. The van der Waals surface area contributed by atoms with Crippen molar-refractivity contribution in [3.05, 3.63) is 69.2 Å². The first-order chi connectivity index (χ1) is 15.1. The number of fused-ring (bicyclic) bond motifs is 1. The molecule has 2 aliphatic rings. The molecule has 1 aromatic heterocycles. The number of carbonyl (C=O) groups is 1. The molecule has 0 unspecified atom stereocenters. The fraction of sp³-hybridized carbons (Fsp3) is 0.318. The maximum atomic E-state index is 13.9. The average Bonchev–Trinajstić information content (AvgIpc) is 3.52. The summed E-state index contributed by atoms with van der Waals surface area (Å²) in [5, 5.41) is 11.3. The van der Waals surface area contributed by atoms with Crippen molar-refractivity contribution in [3.63, 3.8) is 0 Å². The highest BCUT2D eigenvalue weighted by Crippen LogP contribution is 2.42. The van der Waals surface area contributed by atoms with Crippen LogP contribution in [0.1, 0.15) is 46.1 Å². The molecule has 1 aliphatic heterocycles. The number of amides is 1. The molecule has 1 saturated carbocycles. The molecule has 1 amide bonds. The number of ether oxygens (including phenoxy) is 2. The average molecular weight is 487 g/mol. The van der Waals surface area contributed by atoms with E-state index >= 15 is 0 Å². The third kappa shape index (κ3) is 4.20. The number of halogens is 2. The van der Waals surface area contributed by atoms with Gasteiger partial charge in [-0.15, -0.1) is 5.10 Å². The van der Waals surface area contributed by atoms with Crippen LogP contribution in [0.3, 0.4) is 0 Å². The topological polar surface area (TPSA) is 78.3 Å². The van der Waals surface area contributed by atoms with Crippen molar-refractivity contribution in [3.8, 4) is 11.4 Å². The molecular weight excluding hydrogens is 467 g/mol. The minimum absolute atomic E-state index is 0.141. The maximum Gasteiger partial charge on any atom is 0.273 e. The van der Waals surface area contributed by atoms with Gasteiger partial charge in [-0.3, -0.25) is 4.79 Å². The maximum absolute atomic E-state index is 13.9. The van der Waals surface area contributed by atoms with E-state index in [4.69, 9.17) is 9.47 Å². The van der Waals surface area contributed by atoms with Crippen molar-refractivity contribution >= 4 is 21.8 Å². The first-order valence-corrected chi connectivity index (χ1v) is 10.9. The number of nitrogens with one attached hydrogen (secondary N) is 1. The molecule has 0 saturated heterocycles. The van der Waals surface area contributed by atoms with Crippen LogP contribution in [-0.2, 0) is 17.8 Å². The minimum atomic E-state index is -0.345. The standard InChI is InChI=1S/C22H20BrFN4O3/c23-16-3-5-18(6-4-16)28-20(13-1-2-13)19(26-27-28)22(29)25-8-7-14-9-17(24)10-15-11-30-12-31-21(14)15/h3-6,9-10,13H,1-2,7-8,11-12H2,(H,25,29). The molecule has 0 atom stereocenters. The van der Waals surface area contributed by atoms with E-state index in [1.165, 1.54) is 12.1 Å². The van der Waals surface area contributed by atoms with Gasteiger partial charge in [0.1, 0.15) is 11.6 Å². The molecule has 0 bridgehead atoms. The molecule has 2 aromatic carbocycles. The van der Waals surface area contributed by atoms with Gasteiger partial charge in [-0.25, -0.2) is 9.07 Å². The molecular formula is C22H20BrFN4O3. The number of hydrogen-bond donors (Lipinski definition) is 1. The molecule has 2 heterocycles. The smallest absolute Gasteiger partial charge is 0.273 e. The predicted molar refractivity (Wildman–Crippen MR) is 114 cm³/mol. The van der Waals surface area contributed by atoms with Crippen molar-refractivity contribution in [1.29, 1.82) is 0 Å². The van der Waals surface area contributed by atoms with E-state index in [9.17, 15) is 9.18 Å². The summed E-state index contributed by atoms with van der Waals surface area (Å²) in [7, 11) is 0. The molecule has 1 aliphatic carbocycles. The molecule has 5 rings (SSSR count). The lowest BCUT2D eigenvalue weighted by molar-refractivity contribution is -0.0172. The van der Waals surface area contributed by atoms with Crippen molar-refractivity contribution < 1.29 is 18.7 Å². The Hall–Kier alpha value is -2.78. The lowest BCUT2D eigenvalue weighted by atomic mass is 10.1. The van der Waals surface area contributed by atoms with Crippen molar-refractivity contribution in [2.75, 3.05) is 13.3 Å². The van der Waals surface area contributed by atoms with E-state index in [2.05, 4.69) is 31.6 Å². The minimum Gasteiger partial charge on any atom is -0.467 e.